The predicted octanol–water partition coefficient (Wildman–Crippen LogP) is 2.68. The number of sulfonamides is 1. The van der Waals surface area contributed by atoms with Gasteiger partial charge in [-0.3, -0.25) is 4.79 Å². The highest BCUT2D eigenvalue weighted by atomic mass is 32.2. The lowest BCUT2D eigenvalue weighted by atomic mass is 9.88. The van der Waals surface area contributed by atoms with Crippen molar-refractivity contribution in [3.05, 3.63) is 59.7 Å². The van der Waals surface area contributed by atoms with Crippen molar-refractivity contribution in [3.63, 3.8) is 0 Å². The molecular formula is C21H27N3O3S. The van der Waals surface area contributed by atoms with Gasteiger partial charge in [-0.25, -0.2) is 8.42 Å². The zero-order chi connectivity index (χ0) is 20.4. The summed E-state index contributed by atoms with van der Waals surface area (Å²) in [5, 5.41) is 2.87. The summed E-state index contributed by atoms with van der Waals surface area (Å²) in [5.41, 5.74) is 7.86. The number of nitrogens with one attached hydrogen (secondary N) is 1. The maximum atomic E-state index is 12.9. The molecule has 28 heavy (non-hydrogen) atoms. The van der Waals surface area contributed by atoms with Crippen LogP contribution in [0, 0.1) is 6.92 Å². The highest BCUT2D eigenvalue weighted by Crippen LogP contribution is 2.27. The van der Waals surface area contributed by atoms with Gasteiger partial charge >= 0.3 is 0 Å². The van der Waals surface area contributed by atoms with E-state index in [0.29, 0.717) is 16.1 Å². The summed E-state index contributed by atoms with van der Waals surface area (Å²) in [4.78, 5) is 13.0. The monoisotopic (exact) mass is 401 g/mol. The van der Waals surface area contributed by atoms with Crippen LogP contribution < -0.4 is 11.1 Å². The van der Waals surface area contributed by atoms with Crippen molar-refractivity contribution in [2.75, 3.05) is 18.4 Å². The zero-order valence-corrected chi connectivity index (χ0v) is 17.1. The molecule has 6 nitrogen and oxygen atoms in total. The number of piperidine rings is 1. The highest BCUT2D eigenvalue weighted by molar-refractivity contribution is 7.89. The maximum Gasteiger partial charge on any atom is 0.244 e. The highest BCUT2D eigenvalue weighted by Gasteiger charge is 2.41. The summed E-state index contributed by atoms with van der Waals surface area (Å²) in [6.07, 6.45) is 1.48. The molecule has 150 valence electrons. The van der Waals surface area contributed by atoms with Gasteiger partial charge in [0.05, 0.1) is 10.4 Å². The molecule has 0 saturated carbocycles. The summed E-state index contributed by atoms with van der Waals surface area (Å²) >= 11 is 0. The van der Waals surface area contributed by atoms with Gasteiger partial charge < -0.3 is 11.1 Å². The van der Waals surface area contributed by atoms with Gasteiger partial charge in [0.15, 0.2) is 0 Å². The Morgan fingerprint density at radius 2 is 1.71 bits per heavy atom. The molecule has 0 bridgehead atoms. The van der Waals surface area contributed by atoms with Crippen molar-refractivity contribution in [2.24, 2.45) is 5.73 Å². The second-order valence-electron chi connectivity index (χ2n) is 7.33. The average Bonchev–Trinajstić information content (AvgIpc) is 2.69. The quantitative estimate of drug-likeness (QED) is 0.806. The molecule has 3 rings (SSSR count). The first-order valence-corrected chi connectivity index (χ1v) is 11.0. The Morgan fingerprint density at radius 3 is 2.29 bits per heavy atom. The fourth-order valence-corrected chi connectivity index (χ4v) is 5.08. The van der Waals surface area contributed by atoms with Crippen LogP contribution in [-0.2, 0) is 21.2 Å². The van der Waals surface area contributed by atoms with Crippen LogP contribution in [0.25, 0.3) is 0 Å². The number of aryl methyl sites for hydroxylation is 2. The van der Waals surface area contributed by atoms with Gasteiger partial charge in [-0.15, -0.1) is 0 Å². The molecule has 0 unspecified atom stereocenters. The lowest BCUT2D eigenvalue weighted by molar-refractivity contribution is -0.122. The van der Waals surface area contributed by atoms with Crippen LogP contribution in [0.1, 0.15) is 30.9 Å². The Hall–Kier alpha value is -2.22. The van der Waals surface area contributed by atoms with Crippen molar-refractivity contribution in [1.29, 1.82) is 0 Å². The second kappa shape index (κ2) is 8.03. The molecule has 2 aromatic rings. The molecule has 1 fully saturated rings. The number of hydrogen-bond acceptors (Lipinski definition) is 4. The van der Waals surface area contributed by atoms with E-state index in [4.69, 9.17) is 5.73 Å². The average molecular weight is 402 g/mol. The van der Waals surface area contributed by atoms with E-state index in [1.54, 1.807) is 25.1 Å². The Labute approximate surface area is 166 Å². The lowest BCUT2D eigenvalue weighted by Gasteiger charge is -2.37. The second-order valence-corrected chi connectivity index (χ2v) is 9.24. The van der Waals surface area contributed by atoms with Crippen LogP contribution in [0.5, 0.6) is 0 Å². The van der Waals surface area contributed by atoms with E-state index >= 15 is 0 Å². The minimum Gasteiger partial charge on any atom is -0.324 e. The standard InChI is InChI=1S/C21H27N3O3S/c1-3-17-8-10-18(11-9-17)23-20(25)21(22)12-14-24(15-13-21)28(26,27)19-7-5-4-6-16(19)2/h4-11H,3,12-15,22H2,1-2H3,(H,23,25). The van der Waals surface area contributed by atoms with E-state index in [9.17, 15) is 13.2 Å². The molecule has 0 aromatic heterocycles. The summed E-state index contributed by atoms with van der Waals surface area (Å²) in [5.74, 6) is -0.273. The first-order chi connectivity index (χ1) is 13.3. The van der Waals surface area contributed by atoms with E-state index in [2.05, 4.69) is 12.2 Å². The molecule has 1 heterocycles. The normalized spacial score (nSPS) is 17.2. The van der Waals surface area contributed by atoms with Gasteiger partial charge in [-0.05, 0) is 55.5 Å². The third kappa shape index (κ3) is 4.11. The number of carbonyl (C=O) groups excluding carboxylic acids is 1. The van der Waals surface area contributed by atoms with E-state index in [1.807, 2.05) is 30.3 Å². The Morgan fingerprint density at radius 1 is 1.11 bits per heavy atom. The van der Waals surface area contributed by atoms with Crippen LogP contribution in [0.4, 0.5) is 5.69 Å². The van der Waals surface area contributed by atoms with Crippen LogP contribution in [0.3, 0.4) is 0 Å². The Balaban J connectivity index is 1.67. The third-order valence-corrected chi connectivity index (χ3v) is 7.46. The van der Waals surface area contributed by atoms with Crippen molar-refractivity contribution < 1.29 is 13.2 Å². The fraction of sp³-hybridized carbons (Fsp3) is 0.381. The molecule has 2 aromatic carbocycles. The van der Waals surface area contributed by atoms with Crippen molar-refractivity contribution in [2.45, 2.75) is 43.5 Å². The van der Waals surface area contributed by atoms with E-state index in [-0.39, 0.29) is 31.8 Å². The minimum absolute atomic E-state index is 0.218. The summed E-state index contributed by atoms with van der Waals surface area (Å²) in [6.45, 7) is 4.28. The molecular weight excluding hydrogens is 374 g/mol. The SMILES string of the molecule is CCc1ccc(NC(=O)C2(N)CCN(S(=O)(=O)c3ccccc3C)CC2)cc1. The van der Waals surface area contributed by atoms with Crippen molar-refractivity contribution >= 4 is 21.6 Å². The van der Waals surface area contributed by atoms with Gasteiger partial charge in [0.1, 0.15) is 0 Å². The zero-order valence-electron chi connectivity index (χ0n) is 16.3. The van der Waals surface area contributed by atoms with E-state index in [0.717, 1.165) is 6.42 Å². The van der Waals surface area contributed by atoms with E-state index < -0.39 is 15.6 Å². The number of hydrogen-bond donors (Lipinski definition) is 2. The summed E-state index contributed by atoms with van der Waals surface area (Å²) in [7, 11) is -3.59. The smallest absolute Gasteiger partial charge is 0.244 e. The first kappa shape index (κ1) is 20.5. The van der Waals surface area contributed by atoms with Gasteiger partial charge in [0.25, 0.3) is 0 Å². The molecule has 0 spiro atoms. The van der Waals surface area contributed by atoms with Crippen LogP contribution in [-0.4, -0.2) is 37.3 Å². The predicted molar refractivity (Wildman–Crippen MR) is 111 cm³/mol. The van der Waals surface area contributed by atoms with Gasteiger partial charge in [-0.2, -0.15) is 4.31 Å². The topological polar surface area (TPSA) is 92.5 Å². The molecule has 1 aliphatic heterocycles. The molecule has 7 heteroatoms. The number of carbonyl (C=O) groups is 1. The van der Waals surface area contributed by atoms with Crippen molar-refractivity contribution in [1.82, 2.24) is 4.31 Å². The molecule has 0 atom stereocenters. The first-order valence-electron chi connectivity index (χ1n) is 9.51. The molecule has 1 saturated heterocycles. The van der Waals surface area contributed by atoms with Crippen LogP contribution in [0.2, 0.25) is 0 Å². The number of anilines is 1. The molecule has 0 radical (unpaired) electrons. The van der Waals surface area contributed by atoms with Gasteiger partial charge in [-0.1, -0.05) is 37.3 Å². The number of nitrogens with zero attached hydrogens (tertiary/aromatic N) is 1. The fourth-order valence-electron chi connectivity index (χ4n) is 3.42. The molecule has 0 aliphatic carbocycles. The minimum atomic E-state index is -3.59. The molecule has 3 N–H and O–H groups in total. The number of nitrogens with two attached hydrogens (primary N) is 1. The molecule has 1 aliphatic rings. The van der Waals surface area contributed by atoms with Crippen LogP contribution in [0.15, 0.2) is 53.4 Å². The lowest BCUT2D eigenvalue weighted by Crippen LogP contribution is -2.58. The van der Waals surface area contributed by atoms with E-state index in [1.165, 1.54) is 9.87 Å². The third-order valence-electron chi connectivity index (χ3n) is 5.40. The summed E-state index contributed by atoms with van der Waals surface area (Å²) < 4.78 is 27.3. The Kier molecular flexibility index (Phi) is 5.88. The maximum absolute atomic E-state index is 12.9. The number of rotatable bonds is 5. The number of benzene rings is 2. The van der Waals surface area contributed by atoms with Gasteiger partial charge in [0, 0.05) is 18.8 Å². The summed E-state index contributed by atoms with van der Waals surface area (Å²) in [6, 6.07) is 14.6. The largest absolute Gasteiger partial charge is 0.324 e. The van der Waals surface area contributed by atoms with Crippen LogP contribution >= 0.6 is 0 Å². The Bertz CT molecular complexity index is 947. The number of amides is 1. The molecule has 1 amide bonds. The van der Waals surface area contributed by atoms with Crippen molar-refractivity contribution in [3.8, 4) is 0 Å². The van der Waals surface area contributed by atoms with Gasteiger partial charge in [0.2, 0.25) is 15.9 Å².